The zero-order valence-electron chi connectivity index (χ0n) is 14.6. The topological polar surface area (TPSA) is 71.8 Å². The van der Waals surface area contributed by atoms with Gasteiger partial charge in [-0.25, -0.2) is 9.97 Å². The molecule has 26 heavy (non-hydrogen) atoms. The third-order valence-corrected chi connectivity index (χ3v) is 5.13. The fraction of sp³-hybridized carbons (Fsp3) is 0.211. The smallest absolute Gasteiger partial charge is 0.251 e. The number of benzene rings is 2. The Morgan fingerprint density at radius 3 is 2.81 bits per heavy atom. The average Bonchev–Trinajstić information content (AvgIpc) is 3.20. The molecular formula is C19H19N5OS. The Morgan fingerprint density at radius 2 is 2.00 bits per heavy atom. The van der Waals surface area contributed by atoms with Crippen molar-refractivity contribution in [1.29, 1.82) is 0 Å². The number of amides is 1. The molecule has 0 atom stereocenters. The van der Waals surface area contributed by atoms with Gasteiger partial charge in [0.2, 0.25) is 5.95 Å². The van der Waals surface area contributed by atoms with Crippen molar-refractivity contribution in [2.45, 2.75) is 13.3 Å². The number of hydrogen-bond donors (Lipinski definition) is 2. The largest absolute Gasteiger partial charge is 0.352 e. The molecule has 2 aromatic carbocycles. The van der Waals surface area contributed by atoms with Crippen LogP contribution in [0.1, 0.15) is 23.7 Å². The van der Waals surface area contributed by atoms with Gasteiger partial charge in [-0.2, -0.15) is 0 Å². The third kappa shape index (κ3) is 3.01. The molecule has 0 unspecified atom stereocenters. The predicted molar refractivity (Wildman–Crippen MR) is 106 cm³/mol. The van der Waals surface area contributed by atoms with Crippen LogP contribution in [-0.2, 0) is 7.05 Å². The number of rotatable bonds is 5. The number of carbonyl (C=O) groups is 1. The van der Waals surface area contributed by atoms with Crippen LogP contribution >= 0.6 is 11.3 Å². The molecule has 4 aromatic rings. The first kappa shape index (κ1) is 16.5. The van der Waals surface area contributed by atoms with Crippen LogP contribution in [0, 0.1) is 0 Å². The molecule has 0 aliphatic heterocycles. The van der Waals surface area contributed by atoms with Gasteiger partial charge in [-0.15, -0.1) is 0 Å². The average molecular weight is 365 g/mol. The number of imidazole rings is 1. The molecule has 2 heterocycles. The van der Waals surface area contributed by atoms with Crippen LogP contribution in [-0.4, -0.2) is 27.0 Å². The van der Waals surface area contributed by atoms with E-state index in [-0.39, 0.29) is 5.91 Å². The Morgan fingerprint density at radius 1 is 1.15 bits per heavy atom. The molecule has 0 aliphatic carbocycles. The summed E-state index contributed by atoms with van der Waals surface area (Å²) in [4.78, 5) is 21.3. The standard InChI is InChI=1S/C19H19N5OS/c1-3-10-20-17(25)12-8-9-14-16(11-12)26-19(22-14)23-18-21-13-6-4-5-7-15(13)24(18)2/h4-9,11H,3,10H2,1-2H3,(H,20,25)(H,21,22,23). The summed E-state index contributed by atoms with van der Waals surface area (Å²) in [6.45, 7) is 2.71. The van der Waals surface area contributed by atoms with Gasteiger partial charge >= 0.3 is 0 Å². The summed E-state index contributed by atoms with van der Waals surface area (Å²) >= 11 is 1.51. The Hall–Kier alpha value is -2.93. The van der Waals surface area contributed by atoms with Crippen molar-refractivity contribution in [3.8, 4) is 0 Å². The lowest BCUT2D eigenvalue weighted by atomic mass is 10.2. The van der Waals surface area contributed by atoms with E-state index in [0.29, 0.717) is 12.1 Å². The van der Waals surface area contributed by atoms with Crippen LogP contribution in [0.2, 0.25) is 0 Å². The SMILES string of the molecule is CCCNC(=O)c1ccc2nc(Nc3nc4ccccc4n3C)sc2c1. The van der Waals surface area contributed by atoms with E-state index >= 15 is 0 Å². The third-order valence-electron chi connectivity index (χ3n) is 4.19. The number of nitrogens with one attached hydrogen (secondary N) is 2. The van der Waals surface area contributed by atoms with Crippen LogP contribution < -0.4 is 10.6 Å². The van der Waals surface area contributed by atoms with Gasteiger partial charge in [-0.1, -0.05) is 30.4 Å². The number of anilines is 2. The molecule has 7 heteroatoms. The van der Waals surface area contributed by atoms with Gasteiger partial charge in [-0.05, 0) is 36.8 Å². The highest BCUT2D eigenvalue weighted by molar-refractivity contribution is 7.22. The number of fused-ring (bicyclic) bond motifs is 2. The second kappa shape index (κ2) is 6.76. The van der Waals surface area contributed by atoms with E-state index in [1.54, 1.807) is 0 Å². The van der Waals surface area contributed by atoms with Gasteiger partial charge in [0.15, 0.2) is 5.13 Å². The van der Waals surface area contributed by atoms with E-state index in [1.807, 2.05) is 61.0 Å². The number of aromatic nitrogens is 3. The fourth-order valence-electron chi connectivity index (χ4n) is 2.81. The minimum absolute atomic E-state index is 0.0491. The lowest BCUT2D eigenvalue weighted by molar-refractivity contribution is 0.0954. The zero-order chi connectivity index (χ0) is 18.1. The van der Waals surface area contributed by atoms with E-state index in [0.717, 1.165) is 38.8 Å². The van der Waals surface area contributed by atoms with E-state index in [1.165, 1.54) is 11.3 Å². The summed E-state index contributed by atoms with van der Waals surface area (Å²) in [7, 11) is 1.97. The second-order valence-corrected chi connectivity index (χ2v) is 7.10. The lowest BCUT2D eigenvalue weighted by Crippen LogP contribution is -2.23. The van der Waals surface area contributed by atoms with E-state index in [9.17, 15) is 4.79 Å². The number of hydrogen-bond acceptors (Lipinski definition) is 5. The zero-order valence-corrected chi connectivity index (χ0v) is 15.4. The summed E-state index contributed by atoms with van der Waals surface area (Å²) in [5, 5.41) is 6.95. The van der Waals surface area contributed by atoms with Crippen molar-refractivity contribution in [3.63, 3.8) is 0 Å². The van der Waals surface area contributed by atoms with Crippen LogP contribution in [0.25, 0.3) is 21.3 Å². The van der Waals surface area contributed by atoms with Crippen molar-refractivity contribution in [3.05, 3.63) is 48.0 Å². The number of aryl methyl sites for hydroxylation is 1. The van der Waals surface area contributed by atoms with Crippen molar-refractivity contribution < 1.29 is 4.79 Å². The first-order valence-corrected chi connectivity index (χ1v) is 9.34. The van der Waals surface area contributed by atoms with Gasteiger partial charge in [-0.3, -0.25) is 4.79 Å². The number of thiazole rings is 1. The van der Waals surface area contributed by atoms with Crippen molar-refractivity contribution in [2.75, 3.05) is 11.9 Å². The molecule has 0 spiro atoms. The molecule has 0 saturated carbocycles. The summed E-state index contributed by atoms with van der Waals surface area (Å²) in [6.07, 6.45) is 0.917. The minimum atomic E-state index is -0.0491. The van der Waals surface area contributed by atoms with Gasteiger partial charge in [0, 0.05) is 19.2 Å². The molecule has 1 amide bonds. The normalized spacial score (nSPS) is 11.2. The number of carbonyl (C=O) groups excluding carboxylic acids is 1. The number of nitrogens with zero attached hydrogens (tertiary/aromatic N) is 3. The Kier molecular flexibility index (Phi) is 4.30. The monoisotopic (exact) mass is 365 g/mol. The molecular weight excluding hydrogens is 346 g/mol. The highest BCUT2D eigenvalue weighted by Crippen LogP contribution is 2.29. The Labute approximate surface area is 154 Å². The van der Waals surface area contributed by atoms with Crippen molar-refractivity contribution >= 4 is 49.6 Å². The molecule has 132 valence electrons. The van der Waals surface area contributed by atoms with Gasteiger partial charge in [0.25, 0.3) is 5.91 Å². The Bertz CT molecular complexity index is 1100. The molecule has 0 bridgehead atoms. The first-order valence-electron chi connectivity index (χ1n) is 8.53. The summed E-state index contributed by atoms with van der Waals surface area (Å²) in [5.74, 6) is 0.693. The predicted octanol–water partition coefficient (Wildman–Crippen LogP) is 4.07. The van der Waals surface area contributed by atoms with Crippen molar-refractivity contribution in [2.24, 2.45) is 7.05 Å². The molecule has 6 nitrogen and oxygen atoms in total. The molecule has 0 radical (unpaired) electrons. The summed E-state index contributed by atoms with van der Waals surface area (Å²) in [5.41, 5.74) is 3.52. The maximum Gasteiger partial charge on any atom is 0.251 e. The quantitative estimate of drug-likeness (QED) is 0.559. The molecule has 4 rings (SSSR count). The molecule has 2 aromatic heterocycles. The van der Waals surface area contributed by atoms with E-state index < -0.39 is 0 Å². The van der Waals surface area contributed by atoms with Crippen molar-refractivity contribution in [1.82, 2.24) is 19.9 Å². The molecule has 0 fully saturated rings. The van der Waals surface area contributed by atoms with E-state index in [2.05, 4.69) is 20.6 Å². The maximum atomic E-state index is 12.1. The maximum absolute atomic E-state index is 12.1. The molecule has 0 aliphatic rings. The second-order valence-electron chi connectivity index (χ2n) is 6.07. The van der Waals surface area contributed by atoms with Gasteiger partial charge in [0.05, 0.1) is 21.3 Å². The van der Waals surface area contributed by atoms with Crippen LogP contribution in [0.3, 0.4) is 0 Å². The van der Waals surface area contributed by atoms with Crippen LogP contribution in [0.5, 0.6) is 0 Å². The highest BCUT2D eigenvalue weighted by atomic mass is 32.1. The summed E-state index contributed by atoms with van der Waals surface area (Å²) in [6, 6.07) is 13.6. The Balaban J connectivity index is 1.62. The lowest BCUT2D eigenvalue weighted by Gasteiger charge is -2.02. The van der Waals surface area contributed by atoms with E-state index in [4.69, 9.17) is 0 Å². The van der Waals surface area contributed by atoms with Crippen LogP contribution in [0.4, 0.5) is 11.1 Å². The van der Waals surface area contributed by atoms with Crippen LogP contribution in [0.15, 0.2) is 42.5 Å². The first-order chi connectivity index (χ1) is 12.7. The summed E-state index contributed by atoms with van der Waals surface area (Å²) < 4.78 is 2.97. The van der Waals surface area contributed by atoms with Gasteiger partial charge < -0.3 is 15.2 Å². The molecule has 2 N–H and O–H groups in total. The molecule has 0 saturated heterocycles. The number of para-hydroxylation sites is 2. The fourth-order valence-corrected chi connectivity index (χ4v) is 3.71. The highest BCUT2D eigenvalue weighted by Gasteiger charge is 2.12. The van der Waals surface area contributed by atoms with Gasteiger partial charge in [0.1, 0.15) is 0 Å². The minimum Gasteiger partial charge on any atom is -0.352 e.